The molecule has 0 spiro atoms. The zero-order valence-corrected chi connectivity index (χ0v) is 17.5. The molecule has 1 saturated heterocycles. The predicted octanol–water partition coefficient (Wildman–Crippen LogP) is 3.46. The standard InChI is InChI=1S/C25H20N2O5/c1-31-16-9-7-8-15(14-16)21-22(25(30)26(21)19-12-5-6-13-20(19)32-2)27-23(28)17-10-3-4-11-18(17)24(27)29/h3-14,21-22H,1-2H3. The van der Waals surface area contributed by atoms with Crippen molar-refractivity contribution in [3.8, 4) is 11.5 Å². The fraction of sp³-hybridized carbons (Fsp3) is 0.160. The fourth-order valence-corrected chi connectivity index (χ4v) is 4.44. The van der Waals surface area contributed by atoms with E-state index in [0.29, 0.717) is 28.3 Å². The molecule has 0 N–H and O–H groups in total. The summed E-state index contributed by atoms with van der Waals surface area (Å²) >= 11 is 0. The third kappa shape index (κ3) is 2.78. The molecule has 5 rings (SSSR count). The highest BCUT2D eigenvalue weighted by Crippen LogP contribution is 2.47. The first-order valence-corrected chi connectivity index (χ1v) is 10.1. The van der Waals surface area contributed by atoms with Crippen LogP contribution < -0.4 is 14.4 Å². The molecule has 3 aromatic carbocycles. The quantitative estimate of drug-likeness (QED) is 0.460. The Kier molecular flexibility index (Phi) is 4.66. The number of nitrogens with zero attached hydrogens (tertiary/aromatic N) is 2. The van der Waals surface area contributed by atoms with Crippen LogP contribution in [0.2, 0.25) is 0 Å². The number of hydrogen-bond acceptors (Lipinski definition) is 5. The van der Waals surface area contributed by atoms with Gasteiger partial charge in [-0.15, -0.1) is 0 Å². The summed E-state index contributed by atoms with van der Waals surface area (Å²) in [6, 6.07) is 19.5. The van der Waals surface area contributed by atoms with Gasteiger partial charge in [0.1, 0.15) is 17.5 Å². The van der Waals surface area contributed by atoms with Crippen LogP contribution in [-0.4, -0.2) is 42.9 Å². The average molecular weight is 428 g/mol. The lowest BCUT2D eigenvalue weighted by Crippen LogP contribution is -2.67. The minimum atomic E-state index is -0.973. The number of carbonyl (C=O) groups is 3. The number of anilines is 1. The molecule has 32 heavy (non-hydrogen) atoms. The Hall–Kier alpha value is -4.13. The lowest BCUT2D eigenvalue weighted by Gasteiger charge is -2.50. The normalized spacial score (nSPS) is 19.6. The van der Waals surface area contributed by atoms with E-state index in [2.05, 4.69) is 0 Å². The number of rotatable bonds is 5. The van der Waals surface area contributed by atoms with Crippen LogP contribution in [0, 0.1) is 0 Å². The lowest BCUT2D eigenvalue weighted by atomic mass is 9.86. The van der Waals surface area contributed by atoms with Gasteiger partial charge in [-0.2, -0.15) is 0 Å². The Bertz CT molecular complexity index is 1220. The first-order chi connectivity index (χ1) is 15.6. The van der Waals surface area contributed by atoms with Crippen molar-refractivity contribution < 1.29 is 23.9 Å². The maximum absolute atomic E-state index is 13.5. The van der Waals surface area contributed by atoms with Crippen molar-refractivity contribution in [3.05, 3.63) is 89.5 Å². The van der Waals surface area contributed by atoms with Crippen LogP contribution in [-0.2, 0) is 4.79 Å². The van der Waals surface area contributed by atoms with Crippen molar-refractivity contribution in [1.29, 1.82) is 0 Å². The number of amides is 3. The van der Waals surface area contributed by atoms with Gasteiger partial charge in [-0.05, 0) is 42.0 Å². The van der Waals surface area contributed by atoms with E-state index in [1.54, 1.807) is 54.5 Å². The van der Waals surface area contributed by atoms with E-state index >= 15 is 0 Å². The molecule has 1 fully saturated rings. The van der Waals surface area contributed by atoms with Crippen LogP contribution in [0.15, 0.2) is 72.8 Å². The number of para-hydroxylation sites is 2. The minimum absolute atomic E-state index is 0.311. The van der Waals surface area contributed by atoms with E-state index in [1.807, 2.05) is 30.3 Å². The van der Waals surface area contributed by atoms with Crippen LogP contribution in [0.25, 0.3) is 0 Å². The van der Waals surface area contributed by atoms with Gasteiger partial charge in [0.2, 0.25) is 0 Å². The van der Waals surface area contributed by atoms with Crippen molar-refractivity contribution in [1.82, 2.24) is 4.90 Å². The van der Waals surface area contributed by atoms with Gasteiger partial charge in [-0.25, -0.2) is 0 Å². The Labute approximate surface area is 184 Å². The van der Waals surface area contributed by atoms with Gasteiger partial charge >= 0.3 is 0 Å². The van der Waals surface area contributed by atoms with Crippen LogP contribution in [0.4, 0.5) is 5.69 Å². The monoisotopic (exact) mass is 428 g/mol. The number of hydrogen-bond donors (Lipinski definition) is 0. The van der Waals surface area contributed by atoms with E-state index in [4.69, 9.17) is 9.47 Å². The molecule has 2 unspecified atom stereocenters. The molecule has 2 atom stereocenters. The van der Waals surface area contributed by atoms with Gasteiger partial charge in [-0.1, -0.05) is 36.4 Å². The maximum Gasteiger partial charge on any atom is 0.262 e. The fourth-order valence-electron chi connectivity index (χ4n) is 4.44. The third-order valence-corrected chi connectivity index (χ3v) is 5.95. The second-order valence-electron chi connectivity index (χ2n) is 7.57. The molecule has 0 radical (unpaired) electrons. The average Bonchev–Trinajstić information content (AvgIpc) is 3.08. The number of methoxy groups -OCH3 is 2. The summed E-state index contributed by atoms with van der Waals surface area (Å²) in [5.41, 5.74) is 1.94. The van der Waals surface area contributed by atoms with Crippen LogP contribution in [0.1, 0.15) is 32.3 Å². The molecule has 2 aliphatic rings. The Morgan fingerprint density at radius 3 is 2.00 bits per heavy atom. The van der Waals surface area contributed by atoms with Gasteiger partial charge in [0, 0.05) is 0 Å². The molecular weight excluding hydrogens is 408 g/mol. The summed E-state index contributed by atoms with van der Waals surface area (Å²) in [4.78, 5) is 42.4. The van der Waals surface area contributed by atoms with Crippen LogP contribution in [0.3, 0.4) is 0 Å². The van der Waals surface area contributed by atoms with Crippen molar-refractivity contribution in [2.24, 2.45) is 0 Å². The second kappa shape index (κ2) is 7.53. The number of carbonyl (C=O) groups excluding carboxylic acids is 3. The predicted molar refractivity (Wildman–Crippen MR) is 117 cm³/mol. The van der Waals surface area contributed by atoms with E-state index in [0.717, 1.165) is 10.5 Å². The molecule has 7 nitrogen and oxygen atoms in total. The largest absolute Gasteiger partial charge is 0.497 e. The Balaban J connectivity index is 1.62. The number of benzene rings is 3. The second-order valence-corrected chi connectivity index (χ2v) is 7.57. The number of fused-ring (bicyclic) bond motifs is 1. The molecule has 2 heterocycles. The molecular formula is C25H20N2O5. The summed E-state index contributed by atoms with van der Waals surface area (Å²) in [5, 5.41) is 0. The van der Waals surface area contributed by atoms with Crippen molar-refractivity contribution in [3.63, 3.8) is 0 Å². The lowest BCUT2D eigenvalue weighted by molar-refractivity contribution is -0.130. The highest BCUT2D eigenvalue weighted by atomic mass is 16.5. The van der Waals surface area contributed by atoms with Gasteiger partial charge < -0.3 is 9.47 Å². The third-order valence-electron chi connectivity index (χ3n) is 5.95. The summed E-state index contributed by atoms with van der Waals surface area (Å²) in [6.45, 7) is 0. The summed E-state index contributed by atoms with van der Waals surface area (Å²) in [6.07, 6.45) is 0. The van der Waals surface area contributed by atoms with Crippen molar-refractivity contribution >= 4 is 23.4 Å². The van der Waals surface area contributed by atoms with Gasteiger partial charge in [0.25, 0.3) is 17.7 Å². The molecule has 0 aliphatic carbocycles. The molecule has 160 valence electrons. The van der Waals surface area contributed by atoms with Crippen LogP contribution in [0.5, 0.6) is 11.5 Å². The van der Waals surface area contributed by atoms with E-state index in [1.165, 1.54) is 7.11 Å². The van der Waals surface area contributed by atoms with Crippen LogP contribution >= 0.6 is 0 Å². The number of ether oxygens (including phenoxy) is 2. The first-order valence-electron chi connectivity index (χ1n) is 10.1. The molecule has 2 aliphatic heterocycles. The highest BCUT2D eigenvalue weighted by molar-refractivity contribution is 6.24. The van der Waals surface area contributed by atoms with Crippen molar-refractivity contribution in [2.75, 3.05) is 19.1 Å². The van der Waals surface area contributed by atoms with E-state index < -0.39 is 23.9 Å². The molecule has 0 saturated carbocycles. The van der Waals surface area contributed by atoms with E-state index in [9.17, 15) is 14.4 Å². The smallest absolute Gasteiger partial charge is 0.262 e. The minimum Gasteiger partial charge on any atom is -0.497 e. The zero-order chi connectivity index (χ0) is 22.4. The molecule has 7 heteroatoms. The van der Waals surface area contributed by atoms with Gasteiger partial charge in [-0.3, -0.25) is 24.2 Å². The SMILES string of the molecule is COc1cccc(C2C(N3C(=O)c4ccccc4C3=O)C(=O)N2c2ccccc2OC)c1. The Morgan fingerprint density at radius 1 is 0.688 bits per heavy atom. The summed E-state index contributed by atoms with van der Waals surface area (Å²) < 4.78 is 10.8. The maximum atomic E-state index is 13.5. The van der Waals surface area contributed by atoms with Crippen molar-refractivity contribution in [2.45, 2.75) is 12.1 Å². The summed E-state index contributed by atoms with van der Waals surface area (Å²) in [7, 11) is 3.09. The molecule has 3 aromatic rings. The van der Waals surface area contributed by atoms with Gasteiger partial charge in [0.15, 0.2) is 0 Å². The highest BCUT2D eigenvalue weighted by Gasteiger charge is 2.57. The Morgan fingerprint density at radius 2 is 1.34 bits per heavy atom. The molecule has 0 aromatic heterocycles. The van der Waals surface area contributed by atoms with Gasteiger partial charge in [0.05, 0.1) is 37.1 Å². The number of β-lactam (4-membered cyclic amide) rings is 1. The zero-order valence-electron chi connectivity index (χ0n) is 17.5. The summed E-state index contributed by atoms with van der Waals surface area (Å²) in [5.74, 6) is -0.137. The molecule has 3 amide bonds. The first kappa shape index (κ1) is 19.8. The topological polar surface area (TPSA) is 76.2 Å². The number of imide groups is 1. The molecule has 0 bridgehead atoms. The van der Waals surface area contributed by atoms with E-state index in [-0.39, 0.29) is 5.91 Å².